The molecule has 0 fully saturated rings. The van der Waals surface area contributed by atoms with Crippen LogP contribution in [0.4, 0.5) is 5.69 Å². The fourth-order valence-electron chi connectivity index (χ4n) is 1.15. The van der Waals surface area contributed by atoms with Crippen LogP contribution in [-0.2, 0) is 4.79 Å². The van der Waals surface area contributed by atoms with E-state index < -0.39 is 0 Å². The second kappa shape index (κ2) is 5.55. The lowest BCUT2D eigenvalue weighted by Crippen LogP contribution is -2.36. The first-order valence-corrected chi connectivity index (χ1v) is 5.28. The van der Waals surface area contributed by atoms with Crippen LogP contribution in [0.1, 0.15) is 12.7 Å². The smallest absolute Gasteiger partial charge is 0.240 e. The Labute approximate surface area is 96.1 Å². The van der Waals surface area contributed by atoms with E-state index in [2.05, 4.69) is 9.97 Å². The van der Waals surface area contributed by atoms with E-state index in [1.165, 1.54) is 0 Å². The van der Waals surface area contributed by atoms with Crippen LogP contribution >= 0.6 is 0 Å². The molecule has 5 nitrogen and oxygen atoms in total. The average Bonchev–Trinajstić information content (AvgIpc) is 2.28. The van der Waals surface area contributed by atoms with Gasteiger partial charge in [0.1, 0.15) is 5.82 Å². The number of likely N-dealkylation sites (N-methyl/N-ethyl adjacent to an activating group) is 2. The summed E-state index contributed by atoms with van der Waals surface area (Å²) >= 11 is 0. The molecule has 0 saturated carbocycles. The van der Waals surface area contributed by atoms with Gasteiger partial charge in [0.15, 0.2) is 0 Å². The molecule has 0 N–H and O–H groups in total. The number of nitrogens with zero attached hydrogens (tertiary/aromatic N) is 4. The zero-order chi connectivity index (χ0) is 12.1. The molecule has 0 unspecified atom stereocenters. The lowest BCUT2D eigenvalue weighted by molar-refractivity contribution is -0.119. The van der Waals surface area contributed by atoms with Crippen molar-refractivity contribution in [3.63, 3.8) is 0 Å². The van der Waals surface area contributed by atoms with Gasteiger partial charge < -0.3 is 4.90 Å². The lowest BCUT2D eigenvalue weighted by Gasteiger charge is -2.20. The first kappa shape index (κ1) is 12.6. The van der Waals surface area contributed by atoms with Crippen molar-refractivity contribution < 1.29 is 4.79 Å². The molecule has 0 radical (unpaired) electrons. The summed E-state index contributed by atoms with van der Waals surface area (Å²) in [5.41, 5.74) is 0.722. The average molecular weight is 222 g/mol. The first-order valence-electron chi connectivity index (χ1n) is 5.28. The third kappa shape index (κ3) is 3.27. The number of carbonyl (C=O) groups excluding carboxylic acids is 1. The first-order chi connectivity index (χ1) is 7.54. The second-order valence-electron chi connectivity index (χ2n) is 3.77. The Morgan fingerprint density at radius 3 is 2.38 bits per heavy atom. The van der Waals surface area contributed by atoms with Crippen molar-refractivity contribution in [2.45, 2.75) is 13.8 Å². The van der Waals surface area contributed by atoms with Crippen molar-refractivity contribution in [3.05, 3.63) is 18.2 Å². The maximum atomic E-state index is 11.8. The molecule has 0 aliphatic carbocycles. The molecule has 0 atom stereocenters. The number of aryl methyl sites for hydroxylation is 1. The number of hydrogen-bond acceptors (Lipinski definition) is 4. The minimum atomic E-state index is 0.0387. The zero-order valence-corrected chi connectivity index (χ0v) is 10.3. The summed E-state index contributed by atoms with van der Waals surface area (Å²) in [4.78, 5) is 23.5. The predicted molar refractivity (Wildman–Crippen MR) is 63.4 cm³/mol. The van der Waals surface area contributed by atoms with E-state index in [0.717, 1.165) is 12.2 Å². The third-order valence-corrected chi connectivity index (χ3v) is 2.47. The Morgan fingerprint density at radius 1 is 1.31 bits per heavy atom. The molecule has 88 valence electrons. The summed E-state index contributed by atoms with van der Waals surface area (Å²) in [6.45, 7) is 5.09. The highest BCUT2D eigenvalue weighted by molar-refractivity contribution is 5.93. The minimum absolute atomic E-state index is 0.0387. The Bertz CT molecular complexity index is 350. The Balaban J connectivity index is 2.66. The Kier molecular flexibility index (Phi) is 4.37. The summed E-state index contributed by atoms with van der Waals surface area (Å²) in [6.07, 6.45) is 3.32. The summed E-state index contributed by atoms with van der Waals surface area (Å²) < 4.78 is 0. The van der Waals surface area contributed by atoms with Crippen LogP contribution in [0.25, 0.3) is 0 Å². The van der Waals surface area contributed by atoms with Gasteiger partial charge in [-0.25, -0.2) is 9.97 Å². The Morgan fingerprint density at radius 2 is 1.88 bits per heavy atom. The summed E-state index contributed by atoms with van der Waals surface area (Å²) in [6, 6.07) is 0. The summed E-state index contributed by atoms with van der Waals surface area (Å²) in [5, 5.41) is 0. The molecule has 0 saturated heterocycles. The van der Waals surface area contributed by atoms with Gasteiger partial charge >= 0.3 is 0 Å². The molecule has 0 aliphatic rings. The topological polar surface area (TPSA) is 49.3 Å². The van der Waals surface area contributed by atoms with Crippen molar-refractivity contribution in [1.82, 2.24) is 14.9 Å². The van der Waals surface area contributed by atoms with Crippen LogP contribution in [0.3, 0.4) is 0 Å². The van der Waals surface area contributed by atoms with Gasteiger partial charge in [0.25, 0.3) is 0 Å². The molecule has 1 aromatic rings. The molecule has 0 aromatic carbocycles. The summed E-state index contributed by atoms with van der Waals surface area (Å²) in [5.74, 6) is 0.743. The summed E-state index contributed by atoms with van der Waals surface area (Å²) in [7, 11) is 3.65. The van der Waals surface area contributed by atoms with E-state index in [-0.39, 0.29) is 5.91 Å². The van der Waals surface area contributed by atoms with Gasteiger partial charge in [0.2, 0.25) is 5.91 Å². The molecule has 1 aromatic heterocycles. The number of anilines is 1. The van der Waals surface area contributed by atoms with Crippen LogP contribution < -0.4 is 4.90 Å². The van der Waals surface area contributed by atoms with E-state index in [4.69, 9.17) is 0 Å². The minimum Gasteiger partial charge on any atom is -0.312 e. The number of aromatic nitrogens is 2. The fourth-order valence-corrected chi connectivity index (χ4v) is 1.15. The molecule has 5 heteroatoms. The fraction of sp³-hybridized carbons (Fsp3) is 0.545. The maximum absolute atomic E-state index is 11.8. The number of hydrogen-bond donors (Lipinski definition) is 0. The second-order valence-corrected chi connectivity index (χ2v) is 3.77. The van der Waals surface area contributed by atoms with Crippen molar-refractivity contribution >= 4 is 11.6 Å². The molecule has 0 spiro atoms. The van der Waals surface area contributed by atoms with Crippen LogP contribution in [0, 0.1) is 6.92 Å². The molecule has 0 bridgehead atoms. The monoisotopic (exact) mass is 222 g/mol. The van der Waals surface area contributed by atoms with E-state index >= 15 is 0 Å². The van der Waals surface area contributed by atoms with Crippen LogP contribution in [0.5, 0.6) is 0 Å². The van der Waals surface area contributed by atoms with Crippen molar-refractivity contribution in [1.29, 1.82) is 0 Å². The molecular weight excluding hydrogens is 204 g/mol. The molecule has 0 aliphatic heterocycles. The molecule has 1 amide bonds. The Hall–Kier alpha value is -1.49. The highest BCUT2D eigenvalue weighted by Crippen LogP contribution is 2.09. The normalized spacial score (nSPS) is 10.6. The van der Waals surface area contributed by atoms with Crippen molar-refractivity contribution in [2.75, 3.05) is 32.1 Å². The number of rotatable bonds is 4. The van der Waals surface area contributed by atoms with Gasteiger partial charge in [-0.1, -0.05) is 6.92 Å². The van der Waals surface area contributed by atoms with E-state index in [1.807, 2.05) is 25.8 Å². The largest absolute Gasteiger partial charge is 0.312 e. The van der Waals surface area contributed by atoms with Gasteiger partial charge in [-0.05, 0) is 20.5 Å². The standard InChI is InChI=1S/C11H18N4O/c1-5-14(3)8-11(16)15(4)10-6-12-9(2)13-7-10/h6-7H,5,8H2,1-4H3. The van der Waals surface area contributed by atoms with Gasteiger partial charge in [0, 0.05) is 7.05 Å². The van der Waals surface area contributed by atoms with E-state index in [0.29, 0.717) is 12.4 Å². The van der Waals surface area contributed by atoms with Crippen LogP contribution in [-0.4, -0.2) is 48.0 Å². The third-order valence-electron chi connectivity index (χ3n) is 2.47. The molecule has 16 heavy (non-hydrogen) atoms. The van der Waals surface area contributed by atoms with Crippen LogP contribution in [0.2, 0.25) is 0 Å². The predicted octanol–water partition coefficient (Wildman–Crippen LogP) is 0.700. The lowest BCUT2D eigenvalue weighted by atomic mass is 10.4. The van der Waals surface area contributed by atoms with E-state index in [1.54, 1.807) is 24.3 Å². The number of carbonyl (C=O) groups is 1. The van der Waals surface area contributed by atoms with Gasteiger partial charge in [0.05, 0.1) is 24.6 Å². The van der Waals surface area contributed by atoms with Crippen molar-refractivity contribution in [2.24, 2.45) is 0 Å². The number of amides is 1. The quantitative estimate of drug-likeness (QED) is 0.752. The molecule has 1 heterocycles. The SMILES string of the molecule is CCN(C)CC(=O)N(C)c1cnc(C)nc1. The maximum Gasteiger partial charge on any atom is 0.240 e. The van der Waals surface area contributed by atoms with Crippen molar-refractivity contribution in [3.8, 4) is 0 Å². The van der Waals surface area contributed by atoms with Gasteiger partial charge in [-0.15, -0.1) is 0 Å². The zero-order valence-electron chi connectivity index (χ0n) is 10.3. The van der Waals surface area contributed by atoms with Gasteiger partial charge in [-0.3, -0.25) is 9.69 Å². The highest BCUT2D eigenvalue weighted by Gasteiger charge is 2.12. The van der Waals surface area contributed by atoms with Crippen LogP contribution in [0.15, 0.2) is 12.4 Å². The highest BCUT2D eigenvalue weighted by atomic mass is 16.2. The van der Waals surface area contributed by atoms with E-state index in [9.17, 15) is 4.79 Å². The molecule has 1 rings (SSSR count). The van der Waals surface area contributed by atoms with Gasteiger partial charge in [-0.2, -0.15) is 0 Å². The molecular formula is C11H18N4O.